The van der Waals surface area contributed by atoms with Crippen LogP contribution in [0.15, 0.2) is 54.7 Å². The largest absolute Gasteiger partial charge is 0.416 e. The third kappa shape index (κ3) is 6.47. The standard InChI is InChI=1S/C26H25ClF3N5O/c1-16(2)14-36-15-22-34-24(32-12-10-17-5-3-6-18(13-17)26(28,29)30)19-8-9-21(33-25(19)35-22)23-20(27)7-4-11-31-23/h3-9,11,13,16H,10,12,14-15H2,1-2H3,(H,32,33,34,35). The van der Waals surface area contributed by atoms with E-state index in [9.17, 15) is 13.2 Å². The summed E-state index contributed by atoms with van der Waals surface area (Å²) in [5, 5.41) is 4.37. The lowest BCUT2D eigenvalue weighted by atomic mass is 10.1. The average Bonchev–Trinajstić information content (AvgIpc) is 2.83. The Morgan fingerprint density at radius 1 is 1.03 bits per heavy atom. The first-order valence-electron chi connectivity index (χ1n) is 11.5. The molecular formula is C26H25ClF3N5O. The molecule has 0 aliphatic heterocycles. The Labute approximate surface area is 211 Å². The number of hydrogen-bond donors (Lipinski definition) is 1. The van der Waals surface area contributed by atoms with Crippen LogP contribution in [0.3, 0.4) is 0 Å². The van der Waals surface area contributed by atoms with Gasteiger partial charge in [0.05, 0.1) is 21.7 Å². The van der Waals surface area contributed by atoms with Gasteiger partial charge in [-0.2, -0.15) is 13.2 Å². The van der Waals surface area contributed by atoms with Gasteiger partial charge in [0, 0.05) is 19.3 Å². The molecule has 0 radical (unpaired) electrons. The van der Waals surface area contributed by atoms with Crippen LogP contribution in [0.25, 0.3) is 22.4 Å². The van der Waals surface area contributed by atoms with Gasteiger partial charge in [0.1, 0.15) is 18.1 Å². The molecule has 0 atom stereocenters. The van der Waals surface area contributed by atoms with Crippen LogP contribution in [0.1, 0.15) is 30.8 Å². The van der Waals surface area contributed by atoms with E-state index in [4.69, 9.17) is 16.3 Å². The minimum Gasteiger partial charge on any atom is -0.373 e. The molecule has 1 N–H and O–H groups in total. The highest BCUT2D eigenvalue weighted by Gasteiger charge is 2.30. The molecule has 10 heteroatoms. The van der Waals surface area contributed by atoms with E-state index in [1.807, 2.05) is 19.9 Å². The number of rotatable bonds is 9. The number of nitrogens with zero attached hydrogens (tertiary/aromatic N) is 4. The highest BCUT2D eigenvalue weighted by molar-refractivity contribution is 6.32. The fraction of sp³-hybridized carbons (Fsp3) is 0.308. The van der Waals surface area contributed by atoms with Crippen molar-refractivity contribution in [3.05, 3.63) is 76.7 Å². The highest BCUT2D eigenvalue weighted by atomic mass is 35.5. The molecule has 3 heterocycles. The zero-order chi connectivity index (χ0) is 25.7. The smallest absolute Gasteiger partial charge is 0.373 e. The lowest BCUT2D eigenvalue weighted by Gasteiger charge is -2.13. The van der Waals surface area contributed by atoms with Crippen LogP contribution in [0.5, 0.6) is 0 Å². The second-order valence-electron chi connectivity index (χ2n) is 8.67. The monoisotopic (exact) mass is 515 g/mol. The van der Waals surface area contributed by atoms with E-state index < -0.39 is 11.7 Å². The molecule has 3 aromatic heterocycles. The van der Waals surface area contributed by atoms with Crippen molar-refractivity contribution in [3.63, 3.8) is 0 Å². The topological polar surface area (TPSA) is 72.8 Å². The fourth-order valence-corrected chi connectivity index (χ4v) is 3.79. The molecule has 36 heavy (non-hydrogen) atoms. The molecule has 6 nitrogen and oxygen atoms in total. The van der Waals surface area contributed by atoms with E-state index in [2.05, 4.69) is 25.3 Å². The SMILES string of the molecule is CC(C)COCc1nc(NCCc2cccc(C(F)(F)F)c2)c2ccc(-c3ncccc3Cl)nc2n1. The van der Waals surface area contributed by atoms with E-state index in [0.717, 1.165) is 12.1 Å². The van der Waals surface area contributed by atoms with Crippen molar-refractivity contribution in [1.29, 1.82) is 0 Å². The van der Waals surface area contributed by atoms with E-state index in [-0.39, 0.29) is 6.61 Å². The summed E-state index contributed by atoms with van der Waals surface area (Å²) < 4.78 is 44.8. The Hall–Kier alpha value is -3.30. The summed E-state index contributed by atoms with van der Waals surface area (Å²) in [4.78, 5) is 18.1. The van der Waals surface area contributed by atoms with Crippen molar-refractivity contribution in [2.45, 2.75) is 33.1 Å². The molecule has 1 aromatic carbocycles. The Balaban J connectivity index is 1.60. The summed E-state index contributed by atoms with van der Waals surface area (Å²) in [5.41, 5.74) is 1.45. The van der Waals surface area contributed by atoms with Crippen LogP contribution in [-0.2, 0) is 23.9 Å². The van der Waals surface area contributed by atoms with Crippen LogP contribution >= 0.6 is 11.6 Å². The number of aromatic nitrogens is 4. The average molecular weight is 516 g/mol. The molecular weight excluding hydrogens is 491 g/mol. The van der Waals surface area contributed by atoms with Gasteiger partial charge in [-0.05, 0) is 48.2 Å². The number of ether oxygens (including phenoxy) is 1. The summed E-state index contributed by atoms with van der Waals surface area (Å²) in [6.07, 6.45) is -2.36. The Morgan fingerprint density at radius 2 is 1.86 bits per heavy atom. The van der Waals surface area contributed by atoms with Crippen molar-refractivity contribution in [1.82, 2.24) is 19.9 Å². The number of pyridine rings is 2. The predicted octanol–water partition coefficient (Wildman–Crippen LogP) is 6.59. The summed E-state index contributed by atoms with van der Waals surface area (Å²) in [6, 6.07) is 12.4. The van der Waals surface area contributed by atoms with Crippen LogP contribution in [0, 0.1) is 5.92 Å². The van der Waals surface area contributed by atoms with Crippen molar-refractivity contribution in [2.75, 3.05) is 18.5 Å². The van der Waals surface area contributed by atoms with Gasteiger partial charge in [0.25, 0.3) is 0 Å². The molecule has 0 fully saturated rings. The lowest BCUT2D eigenvalue weighted by Crippen LogP contribution is -2.12. The van der Waals surface area contributed by atoms with Crippen LogP contribution in [0.2, 0.25) is 5.02 Å². The first kappa shape index (κ1) is 25.8. The van der Waals surface area contributed by atoms with Crippen LogP contribution in [-0.4, -0.2) is 33.1 Å². The Kier molecular flexibility index (Phi) is 8.01. The van der Waals surface area contributed by atoms with Gasteiger partial charge in [-0.1, -0.05) is 43.6 Å². The quantitative estimate of drug-likeness (QED) is 0.271. The molecule has 0 bridgehead atoms. The third-order valence-corrected chi connectivity index (χ3v) is 5.55. The summed E-state index contributed by atoms with van der Waals surface area (Å²) in [7, 11) is 0. The summed E-state index contributed by atoms with van der Waals surface area (Å²) in [6.45, 7) is 5.22. The Morgan fingerprint density at radius 3 is 2.61 bits per heavy atom. The maximum Gasteiger partial charge on any atom is 0.416 e. The van der Waals surface area contributed by atoms with E-state index >= 15 is 0 Å². The van der Waals surface area contributed by atoms with E-state index in [0.29, 0.717) is 70.1 Å². The van der Waals surface area contributed by atoms with Gasteiger partial charge in [0.2, 0.25) is 0 Å². The second kappa shape index (κ2) is 11.2. The lowest BCUT2D eigenvalue weighted by molar-refractivity contribution is -0.137. The van der Waals surface area contributed by atoms with Gasteiger partial charge in [-0.25, -0.2) is 15.0 Å². The van der Waals surface area contributed by atoms with Gasteiger partial charge < -0.3 is 10.1 Å². The zero-order valence-corrected chi connectivity index (χ0v) is 20.6. The normalized spacial score (nSPS) is 11.9. The zero-order valence-electron chi connectivity index (χ0n) is 19.8. The van der Waals surface area contributed by atoms with Gasteiger partial charge in [-0.15, -0.1) is 0 Å². The first-order chi connectivity index (χ1) is 17.2. The van der Waals surface area contributed by atoms with Gasteiger partial charge >= 0.3 is 6.18 Å². The van der Waals surface area contributed by atoms with Gasteiger partial charge in [-0.3, -0.25) is 4.98 Å². The van der Waals surface area contributed by atoms with Gasteiger partial charge in [0.15, 0.2) is 11.5 Å². The molecule has 0 saturated heterocycles. The number of hydrogen-bond acceptors (Lipinski definition) is 6. The predicted molar refractivity (Wildman–Crippen MR) is 134 cm³/mol. The van der Waals surface area contributed by atoms with Crippen LogP contribution in [0.4, 0.5) is 19.0 Å². The molecule has 0 saturated carbocycles. The molecule has 188 valence electrons. The Bertz CT molecular complexity index is 1350. The van der Waals surface area contributed by atoms with Crippen molar-refractivity contribution >= 4 is 28.5 Å². The highest BCUT2D eigenvalue weighted by Crippen LogP contribution is 2.30. The molecule has 0 unspecified atom stereocenters. The molecule has 0 amide bonds. The fourth-order valence-electron chi connectivity index (χ4n) is 3.57. The number of anilines is 1. The minimum absolute atomic E-state index is 0.201. The number of halogens is 4. The number of fused-ring (bicyclic) bond motifs is 1. The molecule has 0 spiro atoms. The van der Waals surface area contributed by atoms with Crippen molar-refractivity contribution in [3.8, 4) is 11.4 Å². The number of nitrogens with one attached hydrogen (secondary N) is 1. The van der Waals surface area contributed by atoms with E-state index in [1.165, 1.54) is 6.07 Å². The summed E-state index contributed by atoms with van der Waals surface area (Å²) in [5.74, 6) is 1.33. The summed E-state index contributed by atoms with van der Waals surface area (Å²) >= 11 is 6.30. The molecule has 4 rings (SSSR count). The maximum absolute atomic E-state index is 13.0. The second-order valence-corrected chi connectivity index (χ2v) is 9.08. The first-order valence-corrected chi connectivity index (χ1v) is 11.8. The van der Waals surface area contributed by atoms with Crippen LogP contribution < -0.4 is 5.32 Å². The molecule has 4 aromatic rings. The molecule has 0 aliphatic rings. The van der Waals surface area contributed by atoms with E-state index in [1.54, 1.807) is 30.5 Å². The number of alkyl halides is 3. The third-order valence-electron chi connectivity index (χ3n) is 5.25. The molecule has 0 aliphatic carbocycles. The maximum atomic E-state index is 13.0. The number of benzene rings is 1. The van der Waals surface area contributed by atoms with Crippen molar-refractivity contribution < 1.29 is 17.9 Å². The van der Waals surface area contributed by atoms with Crippen molar-refractivity contribution in [2.24, 2.45) is 5.92 Å². The minimum atomic E-state index is -4.38.